The number of para-hydroxylation sites is 1. The molecule has 0 aliphatic heterocycles. The normalized spacial score (nSPS) is 10.8. The predicted molar refractivity (Wildman–Crippen MR) is 60.5 cm³/mol. The molecule has 0 fully saturated rings. The van der Waals surface area contributed by atoms with Crippen molar-refractivity contribution in [1.82, 2.24) is 9.78 Å². The minimum absolute atomic E-state index is 0.196. The van der Waals surface area contributed by atoms with Crippen molar-refractivity contribution < 1.29 is 23.1 Å². The largest absolute Gasteiger partial charge is 0.537 e. The Hall–Kier alpha value is -2.75. The van der Waals surface area contributed by atoms with Gasteiger partial charge in [0.1, 0.15) is 5.97 Å². The number of aromatic nitrogens is 2. The van der Waals surface area contributed by atoms with Gasteiger partial charge in [-0.05, 0) is 18.1 Å². The van der Waals surface area contributed by atoms with Gasteiger partial charge in [-0.1, -0.05) is 24.1 Å². The van der Waals surface area contributed by atoms with Crippen molar-refractivity contribution in [2.45, 2.75) is 6.18 Å². The van der Waals surface area contributed by atoms with Crippen LogP contribution in [0, 0.1) is 11.8 Å². The van der Waals surface area contributed by atoms with Crippen molar-refractivity contribution in [3.63, 3.8) is 0 Å². The summed E-state index contributed by atoms with van der Waals surface area (Å²) in [7, 11) is 0. The maximum Gasteiger partial charge on any atom is 0.434 e. The van der Waals surface area contributed by atoms with E-state index in [4.69, 9.17) is 0 Å². The first kappa shape index (κ1) is 13.7. The van der Waals surface area contributed by atoms with E-state index in [0.717, 1.165) is 6.20 Å². The molecule has 4 nitrogen and oxygen atoms in total. The fourth-order valence-corrected chi connectivity index (χ4v) is 1.60. The lowest BCUT2D eigenvalue weighted by molar-refractivity contribution is -0.295. The Morgan fingerprint density at radius 1 is 1.25 bits per heavy atom. The Labute approximate surface area is 111 Å². The van der Waals surface area contributed by atoms with Crippen molar-refractivity contribution in [2.24, 2.45) is 0 Å². The van der Waals surface area contributed by atoms with E-state index in [1.165, 1.54) is 12.1 Å². The van der Waals surface area contributed by atoms with Gasteiger partial charge in [0, 0.05) is 0 Å². The predicted octanol–water partition coefficient (Wildman–Crippen LogP) is 0.992. The number of carboxylic acids is 1. The Balaban J connectivity index is 2.61. The van der Waals surface area contributed by atoms with E-state index >= 15 is 0 Å². The smallest absolute Gasteiger partial charge is 0.434 e. The van der Waals surface area contributed by atoms with Crippen LogP contribution in [0.5, 0.6) is 0 Å². The lowest BCUT2D eigenvalue weighted by Crippen LogP contribution is -2.19. The molecule has 1 heterocycles. The van der Waals surface area contributed by atoms with Gasteiger partial charge in [0.15, 0.2) is 5.69 Å². The van der Waals surface area contributed by atoms with Gasteiger partial charge in [-0.15, -0.1) is 0 Å². The second-order valence-electron chi connectivity index (χ2n) is 3.69. The van der Waals surface area contributed by atoms with Gasteiger partial charge >= 0.3 is 6.18 Å². The first-order valence-electron chi connectivity index (χ1n) is 5.33. The summed E-state index contributed by atoms with van der Waals surface area (Å²) in [6, 6.07) is 7.65. The van der Waals surface area contributed by atoms with E-state index in [1.54, 1.807) is 24.1 Å². The summed E-state index contributed by atoms with van der Waals surface area (Å²) >= 11 is 0. The van der Waals surface area contributed by atoms with Crippen LogP contribution in [0.2, 0.25) is 0 Å². The lowest BCUT2D eigenvalue weighted by Gasteiger charge is -2.10. The first-order chi connectivity index (χ1) is 9.39. The molecule has 0 bridgehead atoms. The molecule has 0 spiro atoms. The zero-order valence-electron chi connectivity index (χ0n) is 9.81. The van der Waals surface area contributed by atoms with Crippen LogP contribution < -0.4 is 5.11 Å². The standard InChI is InChI=1S/C13H7F3N2O2/c14-13(15,16)12-9(6-7-11(19)20)8-17-18(12)10-4-2-1-3-5-10/h1-5,8H,(H,19,20)/p-1. The van der Waals surface area contributed by atoms with Gasteiger partial charge in [0.2, 0.25) is 0 Å². The molecule has 1 aromatic heterocycles. The first-order valence-corrected chi connectivity index (χ1v) is 5.33. The minimum atomic E-state index is -4.72. The quantitative estimate of drug-likeness (QED) is 0.731. The number of hydrogen-bond acceptors (Lipinski definition) is 3. The van der Waals surface area contributed by atoms with Crippen molar-refractivity contribution in [2.75, 3.05) is 0 Å². The molecular weight excluding hydrogens is 273 g/mol. The van der Waals surface area contributed by atoms with Crippen LogP contribution in [0.1, 0.15) is 11.3 Å². The third kappa shape index (κ3) is 2.80. The van der Waals surface area contributed by atoms with Gasteiger partial charge < -0.3 is 9.90 Å². The molecule has 0 amide bonds. The number of alkyl halides is 3. The highest BCUT2D eigenvalue weighted by Crippen LogP contribution is 2.33. The number of aliphatic carboxylic acids is 1. The maximum atomic E-state index is 13.1. The average Bonchev–Trinajstić information content (AvgIpc) is 2.81. The molecule has 0 aliphatic carbocycles. The number of benzene rings is 1. The van der Waals surface area contributed by atoms with Crippen molar-refractivity contribution in [3.8, 4) is 17.5 Å². The molecule has 0 aliphatic rings. The third-order valence-electron chi connectivity index (χ3n) is 2.34. The summed E-state index contributed by atoms with van der Waals surface area (Å²) < 4.78 is 39.8. The Kier molecular flexibility index (Phi) is 3.48. The number of halogens is 3. The number of hydrogen-bond donors (Lipinski definition) is 0. The van der Waals surface area contributed by atoms with Gasteiger partial charge in [0.05, 0.1) is 17.4 Å². The number of carboxylic acid groups (broad SMARTS) is 1. The Bertz CT molecular complexity index is 694. The topological polar surface area (TPSA) is 57.9 Å². The Morgan fingerprint density at radius 3 is 2.45 bits per heavy atom. The summed E-state index contributed by atoms with van der Waals surface area (Å²) in [5.74, 6) is 1.68. The average molecular weight is 279 g/mol. The van der Waals surface area contributed by atoms with E-state index in [9.17, 15) is 23.1 Å². The van der Waals surface area contributed by atoms with E-state index < -0.39 is 23.4 Å². The van der Waals surface area contributed by atoms with Gasteiger partial charge in [-0.2, -0.15) is 18.3 Å². The van der Waals surface area contributed by atoms with Crippen LogP contribution in [-0.4, -0.2) is 15.7 Å². The summed E-state index contributed by atoms with van der Waals surface area (Å²) in [5, 5.41) is 13.8. The molecule has 0 radical (unpaired) electrons. The maximum absolute atomic E-state index is 13.1. The highest BCUT2D eigenvalue weighted by Gasteiger charge is 2.38. The molecule has 0 N–H and O–H groups in total. The molecule has 0 unspecified atom stereocenters. The van der Waals surface area contributed by atoms with Crippen LogP contribution in [0.3, 0.4) is 0 Å². The molecular formula is C13H6F3N2O2-. The summed E-state index contributed by atoms with van der Waals surface area (Å²) in [5.41, 5.74) is -1.45. The number of nitrogens with zero attached hydrogens (tertiary/aromatic N) is 2. The van der Waals surface area contributed by atoms with Crippen LogP contribution in [0.25, 0.3) is 5.69 Å². The van der Waals surface area contributed by atoms with Crippen molar-refractivity contribution >= 4 is 5.97 Å². The second kappa shape index (κ2) is 5.09. The lowest BCUT2D eigenvalue weighted by atomic mass is 10.2. The molecule has 1 aromatic carbocycles. The van der Waals surface area contributed by atoms with E-state index in [0.29, 0.717) is 4.68 Å². The van der Waals surface area contributed by atoms with Crippen LogP contribution in [-0.2, 0) is 11.0 Å². The summed E-state index contributed by atoms with van der Waals surface area (Å²) in [6.45, 7) is 0. The fourth-order valence-electron chi connectivity index (χ4n) is 1.60. The molecule has 20 heavy (non-hydrogen) atoms. The molecule has 2 aromatic rings. The molecule has 0 saturated carbocycles. The van der Waals surface area contributed by atoms with Crippen molar-refractivity contribution in [3.05, 3.63) is 47.8 Å². The van der Waals surface area contributed by atoms with E-state index in [1.807, 2.05) is 5.92 Å². The second-order valence-corrected chi connectivity index (χ2v) is 3.69. The third-order valence-corrected chi connectivity index (χ3v) is 2.34. The monoisotopic (exact) mass is 279 g/mol. The minimum Gasteiger partial charge on any atom is -0.537 e. The summed E-state index contributed by atoms with van der Waals surface area (Å²) in [6.07, 6.45) is -3.85. The van der Waals surface area contributed by atoms with Crippen molar-refractivity contribution in [1.29, 1.82) is 0 Å². The molecule has 7 heteroatoms. The van der Waals surface area contributed by atoms with Gasteiger partial charge in [0.25, 0.3) is 0 Å². The number of carbonyl (C=O) groups is 1. The Morgan fingerprint density at radius 2 is 1.90 bits per heavy atom. The van der Waals surface area contributed by atoms with Gasteiger partial charge in [-0.3, -0.25) is 0 Å². The zero-order valence-corrected chi connectivity index (χ0v) is 9.81. The molecule has 0 saturated heterocycles. The van der Waals surface area contributed by atoms with Crippen LogP contribution >= 0.6 is 0 Å². The number of rotatable bonds is 1. The fraction of sp³-hybridized carbons (Fsp3) is 0.0769. The molecule has 0 atom stereocenters. The molecule has 102 valence electrons. The summed E-state index contributed by atoms with van der Waals surface area (Å²) in [4.78, 5) is 10.2. The molecule has 2 rings (SSSR count). The zero-order chi connectivity index (χ0) is 14.8. The van der Waals surface area contributed by atoms with Crippen LogP contribution in [0.4, 0.5) is 13.2 Å². The van der Waals surface area contributed by atoms with E-state index in [-0.39, 0.29) is 5.69 Å². The highest BCUT2D eigenvalue weighted by atomic mass is 19.4. The SMILES string of the molecule is O=C([O-])C#Cc1cnn(-c2ccccc2)c1C(F)(F)F. The van der Waals surface area contributed by atoms with E-state index in [2.05, 4.69) is 5.10 Å². The van der Waals surface area contributed by atoms with Crippen LogP contribution in [0.15, 0.2) is 36.5 Å². The van der Waals surface area contributed by atoms with Gasteiger partial charge in [-0.25, -0.2) is 4.68 Å². The number of carbonyl (C=O) groups excluding carboxylic acids is 1. The highest BCUT2D eigenvalue weighted by molar-refractivity contribution is 5.85.